The highest BCUT2D eigenvalue weighted by atomic mass is 19.4. The lowest BCUT2D eigenvalue weighted by Crippen LogP contribution is -2.57. The fourth-order valence-electron chi connectivity index (χ4n) is 3.67. The molecule has 3 fully saturated rings. The van der Waals surface area contributed by atoms with Gasteiger partial charge in [0.1, 0.15) is 6.04 Å². The third kappa shape index (κ3) is 5.49. The Morgan fingerprint density at radius 1 is 1.15 bits per heavy atom. The van der Waals surface area contributed by atoms with Crippen molar-refractivity contribution in [2.75, 3.05) is 52.9 Å². The van der Waals surface area contributed by atoms with Gasteiger partial charge >= 0.3 is 6.18 Å². The van der Waals surface area contributed by atoms with E-state index in [1.165, 1.54) is 44.1 Å². The number of nitrogens with zero attached hydrogens (tertiary/aromatic N) is 4. The topological polar surface area (TPSA) is 34.1 Å². The van der Waals surface area contributed by atoms with Gasteiger partial charge in [-0.05, 0) is 38.5 Å². The number of hydrogen-bond donors (Lipinski definition) is 1. The second kappa shape index (κ2) is 8.33. The van der Waals surface area contributed by atoms with Crippen molar-refractivity contribution in [3.63, 3.8) is 0 Å². The lowest BCUT2D eigenvalue weighted by molar-refractivity contribution is -0.181. The first-order chi connectivity index (χ1) is 12.4. The zero-order valence-electron chi connectivity index (χ0n) is 15.9. The van der Waals surface area contributed by atoms with E-state index in [1.54, 1.807) is 7.05 Å². The molecule has 0 amide bonds. The molecule has 150 valence electrons. The molecule has 0 aromatic heterocycles. The van der Waals surface area contributed by atoms with Crippen LogP contribution >= 0.6 is 0 Å². The van der Waals surface area contributed by atoms with E-state index in [0.717, 1.165) is 31.0 Å². The van der Waals surface area contributed by atoms with E-state index in [1.807, 2.05) is 0 Å². The summed E-state index contributed by atoms with van der Waals surface area (Å²) in [4.78, 5) is 10.5. The van der Waals surface area contributed by atoms with Gasteiger partial charge in [-0.3, -0.25) is 14.8 Å². The molecule has 1 N–H and O–H groups in total. The van der Waals surface area contributed by atoms with Gasteiger partial charge in [0.15, 0.2) is 5.96 Å². The van der Waals surface area contributed by atoms with Gasteiger partial charge in [0, 0.05) is 58.9 Å². The molecule has 3 rings (SSSR count). The Morgan fingerprint density at radius 3 is 2.31 bits per heavy atom. The Labute approximate surface area is 154 Å². The lowest BCUT2D eigenvalue weighted by Gasteiger charge is -2.39. The van der Waals surface area contributed by atoms with Crippen molar-refractivity contribution in [3.05, 3.63) is 0 Å². The van der Waals surface area contributed by atoms with E-state index in [9.17, 15) is 13.2 Å². The van der Waals surface area contributed by atoms with Crippen LogP contribution in [0, 0.1) is 5.92 Å². The minimum atomic E-state index is -4.16. The molecule has 0 radical (unpaired) electrons. The van der Waals surface area contributed by atoms with Crippen LogP contribution in [0.1, 0.15) is 32.6 Å². The van der Waals surface area contributed by atoms with Crippen LogP contribution in [0.2, 0.25) is 0 Å². The molecule has 1 aliphatic heterocycles. The number of aliphatic imine (C=N–C) groups is 1. The number of nitrogens with one attached hydrogen (secondary N) is 1. The molecule has 8 heteroatoms. The third-order valence-corrected chi connectivity index (χ3v) is 5.78. The molecule has 5 nitrogen and oxygen atoms in total. The molecule has 1 atom stereocenters. The molecule has 2 saturated carbocycles. The van der Waals surface area contributed by atoms with Crippen molar-refractivity contribution >= 4 is 5.96 Å². The molecule has 2 aliphatic carbocycles. The van der Waals surface area contributed by atoms with Gasteiger partial charge in [0.05, 0.1) is 0 Å². The van der Waals surface area contributed by atoms with Gasteiger partial charge in [-0.1, -0.05) is 0 Å². The Kier molecular flexibility index (Phi) is 6.33. The summed E-state index contributed by atoms with van der Waals surface area (Å²) in [6, 6.07) is -0.610. The van der Waals surface area contributed by atoms with Crippen LogP contribution in [0.3, 0.4) is 0 Å². The van der Waals surface area contributed by atoms with Gasteiger partial charge in [-0.2, -0.15) is 13.2 Å². The van der Waals surface area contributed by atoms with E-state index in [2.05, 4.69) is 20.1 Å². The fourth-order valence-corrected chi connectivity index (χ4v) is 3.67. The summed E-state index contributed by atoms with van der Waals surface area (Å²) in [5, 5.41) is 3.41. The molecule has 3 aliphatic rings. The highest BCUT2D eigenvalue weighted by molar-refractivity contribution is 5.80. The Bertz CT molecular complexity index is 480. The predicted molar refractivity (Wildman–Crippen MR) is 97.3 cm³/mol. The summed E-state index contributed by atoms with van der Waals surface area (Å²) in [6.45, 7) is 6.31. The first-order valence-electron chi connectivity index (χ1n) is 9.89. The molecular weight excluding hydrogens is 343 g/mol. The zero-order chi connectivity index (χ0) is 18.7. The zero-order valence-corrected chi connectivity index (χ0v) is 15.9. The summed E-state index contributed by atoms with van der Waals surface area (Å²) in [5.41, 5.74) is 0. The van der Waals surface area contributed by atoms with Gasteiger partial charge in [-0.25, -0.2) is 0 Å². The van der Waals surface area contributed by atoms with E-state index in [4.69, 9.17) is 0 Å². The highest BCUT2D eigenvalue weighted by Gasteiger charge is 2.41. The van der Waals surface area contributed by atoms with Gasteiger partial charge in [0.2, 0.25) is 0 Å². The number of alkyl halides is 3. The van der Waals surface area contributed by atoms with Crippen LogP contribution < -0.4 is 5.32 Å². The fraction of sp³-hybridized carbons (Fsp3) is 0.944. The average Bonchev–Trinajstić information content (AvgIpc) is 3.50. The summed E-state index contributed by atoms with van der Waals surface area (Å²) in [6.07, 6.45) is 1.23. The van der Waals surface area contributed by atoms with E-state index in [0.29, 0.717) is 26.2 Å². The summed E-state index contributed by atoms with van der Waals surface area (Å²) < 4.78 is 38.6. The molecular formula is C18H32F3N5. The number of piperazine rings is 1. The summed E-state index contributed by atoms with van der Waals surface area (Å²) >= 11 is 0. The number of guanidine groups is 1. The maximum absolute atomic E-state index is 12.9. The first-order valence-corrected chi connectivity index (χ1v) is 9.89. The number of rotatable bonds is 7. The standard InChI is InChI=1S/C18H32F3N5/c1-14(18(19,20)21)24-9-11-25(12-10-24)17(22-2)23-7-8-26(16-5-6-16)13-15-3-4-15/h14-16H,3-13H2,1-2H3,(H,22,23). The van der Waals surface area contributed by atoms with Crippen molar-refractivity contribution < 1.29 is 13.2 Å². The number of hydrogen-bond acceptors (Lipinski definition) is 3. The smallest absolute Gasteiger partial charge is 0.355 e. The maximum Gasteiger partial charge on any atom is 0.403 e. The molecule has 0 aromatic carbocycles. The van der Waals surface area contributed by atoms with Crippen molar-refractivity contribution in [2.24, 2.45) is 10.9 Å². The maximum atomic E-state index is 12.9. The van der Waals surface area contributed by atoms with Crippen LogP contribution in [-0.2, 0) is 0 Å². The molecule has 1 heterocycles. The minimum absolute atomic E-state index is 0.414. The third-order valence-electron chi connectivity index (χ3n) is 5.78. The van der Waals surface area contributed by atoms with Crippen LogP contribution in [0.25, 0.3) is 0 Å². The SMILES string of the molecule is CN=C(NCCN(CC1CC1)C1CC1)N1CCN(C(C)C(F)(F)F)CC1. The van der Waals surface area contributed by atoms with Gasteiger partial charge < -0.3 is 10.2 Å². The highest BCUT2D eigenvalue weighted by Crippen LogP contribution is 2.34. The minimum Gasteiger partial charge on any atom is -0.355 e. The molecule has 1 saturated heterocycles. The Balaban J connectivity index is 1.40. The average molecular weight is 375 g/mol. The van der Waals surface area contributed by atoms with Crippen LogP contribution in [-0.4, -0.2) is 91.8 Å². The lowest BCUT2D eigenvalue weighted by atomic mass is 10.2. The quantitative estimate of drug-likeness (QED) is 0.545. The van der Waals surface area contributed by atoms with Crippen LogP contribution in [0.4, 0.5) is 13.2 Å². The van der Waals surface area contributed by atoms with Crippen molar-refractivity contribution in [1.82, 2.24) is 20.0 Å². The summed E-state index contributed by atoms with van der Waals surface area (Å²) in [7, 11) is 1.75. The number of halogens is 3. The van der Waals surface area contributed by atoms with E-state index >= 15 is 0 Å². The predicted octanol–water partition coefficient (Wildman–Crippen LogP) is 2.00. The van der Waals surface area contributed by atoms with Crippen molar-refractivity contribution in [1.29, 1.82) is 0 Å². The second-order valence-corrected chi connectivity index (χ2v) is 7.88. The molecule has 0 bridgehead atoms. The Hall–Kier alpha value is -1.02. The van der Waals surface area contributed by atoms with Crippen LogP contribution in [0.5, 0.6) is 0 Å². The molecule has 0 spiro atoms. The monoisotopic (exact) mass is 375 g/mol. The van der Waals surface area contributed by atoms with Gasteiger partial charge in [0.25, 0.3) is 0 Å². The molecule has 26 heavy (non-hydrogen) atoms. The van der Waals surface area contributed by atoms with Crippen LogP contribution in [0.15, 0.2) is 4.99 Å². The van der Waals surface area contributed by atoms with E-state index < -0.39 is 12.2 Å². The van der Waals surface area contributed by atoms with Crippen molar-refractivity contribution in [3.8, 4) is 0 Å². The Morgan fingerprint density at radius 2 is 1.81 bits per heavy atom. The summed E-state index contributed by atoms with van der Waals surface area (Å²) in [5.74, 6) is 1.71. The largest absolute Gasteiger partial charge is 0.403 e. The van der Waals surface area contributed by atoms with E-state index in [-0.39, 0.29) is 0 Å². The molecule has 0 aromatic rings. The normalized spacial score (nSPS) is 24.2. The van der Waals surface area contributed by atoms with Crippen molar-refractivity contribution in [2.45, 2.75) is 50.9 Å². The first kappa shape index (κ1) is 19.7. The van der Waals surface area contributed by atoms with Gasteiger partial charge in [-0.15, -0.1) is 0 Å². The molecule has 1 unspecified atom stereocenters. The second-order valence-electron chi connectivity index (χ2n) is 7.88.